The molecule has 13 heteroatoms. The van der Waals surface area contributed by atoms with Crippen molar-refractivity contribution in [1.82, 2.24) is 14.6 Å². The van der Waals surface area contributed by atoms with Gasteiger partial charge in [0.25, 0.3) is 10.2 Å². The van der Waals surface area contributed by atoms with Crippen molar-refractivity contribution < 1.29 is 26.8 Å². The summed E-state index contributed by atoms with van der Waals surface area (Å²) in [5, 5.41) is 0.340. The summed E-state index contributed by atoms with van der Waals surface area (Å²) in [7, 11) is 0.399. The van der Waals surface area contributed by atoms with Crippen molar-refractivity contribution in [2.75, 3.05) is 25.9 Å². The van der Waals surface area contributed by atoms with Crippen LogP contribution in [0.5, 0.6) is 5.75 Å². The SMILES string of the molecule is CNS(=O)(=O)Nc1cc(Cc2c(C)c3cc(F)c(OC(=O)N(C)C)cc3oc2=O)ccn1.[KH]. The molecular formula is C20H22FKN4O6S. The van der Waals surface area contributed by atoms with E-state index in [2.05, 4.69) is 14.4 Å². The summed E-state index contributed by atoms with van der Waals surface area (Å²) in [6, 6.07) is 5.38. The van der Waals surface area contributed by atoms with Gasteiger partial charge in [-0.2, -0.15) is 8.42 Å². The Balaban J connectivity index is 0.00000385. The fourth-order valence-corrected chi connectivity index (χ4v) is 3.38. The molecule has 2 aromatic heterocycles. The Morgan fingerprint density at radius 1 is 1.27 bits per heavy atom. The average Bonchev–Trinajstić information content (AvgIpc) is 2.72. The van der Waals surface area contributed by atoms with Crippen molar-refractivity contribution in [3.8, 4) is 5.75 Å². The van der Waals surface area contributed by atoms with Gasteiger partial charge in [-0.25, -0.2) is 23.7 Å². The molecule has 0 aliphatic carbocycles. The fourth-order valence-electron chi connectivity index (χ4n) is 2.89. The molecule has 1 aromatic carbocycles. The van der Waals surface area contributed by atoms with Crippen molar-refractivity contribution in [3.05, 3.63) is 63.4 Å². The first-order chi connectivity index (χ1) is 15.0. The molecule has 2 N–H and O–H groups in total. The van der Waals surface area contributed by atoms with Crippen LogP contribution in [0.4, 0.5) is 15.0 Å². The number of nitrogens with zero attached hydrogens (tertiary/aromatic N) is 2. The molecule has 0 unspecified atom stereocenters. The summed E-state index contributed by atoms with van der Waals surface area (Å²) in [5.74, 6) is -1.08. The van der Waals surface area contributed by atoms with Crippen LogP contribution in [0.2, 0.25) is 0 Å². The van der Waals surface area contributed by atoms with E-state index >= 15 is 0 Å². The maximum atomic E-state index is 14.5. The molecule has 2 heterocycles. The zero-order chi connectivity index (χ0) is 23.6. The number of carbonyl (C=O) groups is 1. The second-order valence-electron chi connectivity index (χ2n) is 7.07. The van der Waals surface area contributed by atoms with Crippen LogP contribution in [0.1, 0.15) is 16.7 Å². The minimum absolute atomic E-state index is 0. The number of rotatable bonds is 6. The first-order valence-electron chi connectivity index (χ1n) is 9.32. The Kier molecular flexibility index (Phi) is 9.15. The molecule has 0 radical (unpaired) electrons. The maximum absolute atomic E-state index is 14.5. The van der Waals surface area contributed by atoms with Gasteiger partial charge in [-0.05, 0) is 36.2 Å². The number of ether oxygens (including phenoxy) is 1. The summed E-state index contributed by atoms with van der Waals surface area (Å²) in [6.45, 7) is 1.64. The van der Waals surface area contributed by atoms with Crippen molar-refractivity contribution in [1.29, 1.82) is 0 Å². The van der Waals surface area contributed by atoms with Crippen LogP contribution < -0.4 is 19.8 Å². The Bertz CT molecular complexity index is 1360. The Hall–Kier alpha value is -1.87. The zero-order valence-electron chi connectivity index (χ0n) is 17.7. The number of aryl methyl sites for hydroxylation is 1. The van der Waals surface area contributed by atoms with Crippen LogP contribution in [-0.4, -0.2) is 96.9 Å². The molecule has 0 fully saturated rings. The van der Waals surface area contributed by atoms with Crippen LogP contribution in [0.3, 0.4) is 0 Å². The molecule has 0 aliphatic rings. The number of carbonyl (C=O) groups excluding carboxylic acids is 1. The summed E-state index contributed by atoms with van der Waals surface area (Å²) in [4.78, 5) is 29.4. The normalized spacial score (nSPS) is 11.1. The van der Waals surface area contributed by atoms with E-state index in [1.807, 2.05) is 0 Å². The third-order valence-corrected chi connectivity index (χ3v) is 5.63. The summed E-state index contributed by atoms with van der Waals surface area (Å²) >= 11 is 0. The average molecular weight is 505 g/mol. The van der Waals surface area contributed by atoms with Gasteiger partial charge in [-0.3, -0.25) is 4.72 Å². The first kappa shape index (κ1) is 27.4. The molecular weight excluding hydrogens is 482 g/mol. The number of hydrogen-bond donors (Lipinski definition) is 2. The van der Waals surface area contributed by atoms with E-state index in [4.69, 9.17) is 9.15 Å². The van der Waals surface area contributed by atoms with Gasteiger partial charge in [0.05, 0.1) is 0 Å². The number of anilines is 1. The summed E-state index contributed by atoms with van der Waals surface area (Å²) < 4.78 is 52.5. The third-order valence-electron chi connectivity index (χ3n) is 4.62. The van der Waals surface area contributed by atoms with Crippen molar-refractivity contribution >= 4 is 84.5 Å². The van der Waals surface area contributed by atoms with Crippen molar-refractivity contribution in [2.24, 2.45) is 0 Å². The molecule has 3 aromatic rings. The fraction of sp³-hybridized carbons (Fsp3) is 0.250. The molecule has 0 aliphatic heterocycles. The predicted molar refractivity (Wildman–Crippen MR) is 123 cm³/mol. The van der Waals surface area contributed by atoms with Crippen LogP contribution in [0.25, 0.3) is 11.0 Å². The molecule has 1 amide bonds. The van der Waals surface area contributed by atoms with Crippen LogP contribution in [-0.2, 0) is 16.6 Å². The van der Waals surface area contributed by atoms with Gasteiger partial charge < -0.3 is 14.1 Å². The molecule has 172 valence electrons. The van der Waals surface area contributed by atoms with Crippen LogP contribution in [0, 0.1) is 12.7 Å². The molecule has 10 nitrogen and oxygen atoms in total. The van der Waals surface area contributed by atoms with E-state index in [-0.39, 0.29) is 80.5 Å². The van der Waals surface area contributed by atoms with Gasteiger partial charge in [0.1, 0.15) is 11.4 Å². The molecule has 0 atom stereocenters. The Labute approximate surface area is 232 Å². The summed E-state index contributed by atoms with van der Waals surface area (Å²) in [5.41, 5.74) is 0.746. The van der Waals surface area contributed by atoms with Crippen LogP contribution >= 0.6 is 0 Å². The Morgan fingerprint density at radius 3 is 2.61 bits per heavy atom. The second-order valence-corrected chi connectivity index (χ2v) is 8.69. The number of hydrogen-bond acceptors (Lipinski definition) is 7. The molecule has 3 rings (SSSR count). The van der Waals surface area contributed by atoms with Gasteiger partial charge in [0, 0.05) is 50.8 Å². The second kappa shape index (κ2) is 11.0. The zero-order valence-corrected chi connectivity index (χ0v) is 18.5. The molecule has 0 bridgehead atoms. The first-order valence-corrected chi connectivity index (χ1v) is 10.8. The van der Waals surface area contributed by atoms with Gasteiger partial charge in [0.15, 0.2) is 11.6 Å². The monoisotopic (exact) mass is 504 g/mol. The number of amides is 1. The van der Waals surface area contributed by atoms with Gasteiger partial charge in [-0.15, -0.1) is 0 Å². The van der Waals surface area contributed by atoms with Crippen molar-refractivity contribution in [2.45, 2.75) is 13.3 Å². The van der Waals surface area contributed by atoms with E-state index in [9.17, 15) is 22.4 Å². The standard InChI is InChI=1S/C20H21FN4O6S.K.H/c1-11-13-9-15(21)17(31-20(27)25(3)4)10-16(13)30-19(26)14(11)7-12-5-6-23-18(8-12)24-32(28,29)22-2;;/h5-6,8-10,22H,7H2,1-4H3,(H,23,24);;. The molecule has 0 spiro atoms. The number of halogens is 1. The molecule has 0 saturated heterocycles. The van der Waals surface area contributed by atoms with E-state index < -0.39 is 27.7 Å². The number of aromatic nitrogens is 1. The topological polar surface area (TPSA) is 131 Å². The molecule has 0 saturated carbocycles. The van der Waals surface area contributed by atoms with E-state index in [1.165, 1.54) is 33.4 Å². The third kappa shape index (κ3) is 6.59. The van der Waals surface area contributed by atoms with Gasteiger partial charge in [-0.1, -0.05) is 0 Å². The van der Waals surface area contributed by atoms with Crippen LogP contribution in [0.15, 0.2) is 39.7 Å². The van der Waals surface area contributed by atoms with E-state index in [0.29, 0.717) is 16.5 Å². The van der Waals surface area contributed by atoms with Gasteiger partial charge >= 0.3 is 63.1 Å². The number of pyridine rings is 1. The van der Waals surface area contributed by atoms with E-state index in [0.717, 1.165) is 17.0 Å². The number of nitrogens with one attached hydrogen (secondary N) is 2. The Morgan fingerprint density at radius 2 is 1.97 bits per heavy atom. The van der Waals surface area contributed by atoms with E-state index in [1.54, 1.807) is 13.0 Å². The number of fused-ring (bicyclic) bond motifs is 1. The van der Waals surface area contributed by atoms with Gasteiger partial charge in [0.2, 0.25) is 0 Å². The predicted octanol–water partition coefficient (Wildman–Crippen LogP) is 1.51. The summed E-state index contributed by atoms with van der Waals surface area (Å²) in [6.07, 6.45) is 0.715. The number of benzene rings is 1. The minimum atomic E-state index is -3.75. The van der Waals surface area contributed by atoms with Crippen molar-refractivity contribution in [3.63, 3.8) is 0 Å². The molecule has 33 heavy (non-hydrogen) atoms. The quantitative estimate of drug-likeness (QED) is 0.384.